The van der Waals surface area contributed by atoms with E-state index in [0.717, 1.165) is 19.6 Å². The first-order valence-corrected chi connectivity index (χ1v) is 7.98. The Hall–Kier alpha value is -0.860. The molecule has 1 saturated heterocycles. The van der Waals surface area contributed by atoms with Crippen LogP contribution in [0.2, 0.25) is 0 Å². The number of nitrogens with one attached hydrogen (secondary N) is 1. The molecule has 1 aromatic carbocycles. The number of rotatable bonds is 4. The van der Waals surface area contributed by atoms with Crippen LogP contribution in [0.5, 0.6) is 0 Å². The molecule has 0 radical (unpaired) electrons. The molecule has 0 aromatic heterocycles. The molecule has 2 heteroatoms. The number of hydrogen-bond acceptors (Lipinski definition) is 2. The predicted molar refractivity (Wildman–Crippen MR) is 86.9 cm³/mol. The van der Waals surface area contributed by atoms with Gasteiger partial charge in [-0.15, -0.1) is 0 Å². The third-order valence-corrected chi connectivity index (χ3v) is 4.99. The smallest absolute Gasteiger partial charge is 0.0307 e. The molecule has 1 aromatic rings. The second-order valence-electron chi connectivity index (χ2n) is 6.95. The summed E-state index contributed by atoms with van der Waals surface area (Å²) in [6.07, 6.45) is 1.19. The number of hydrogen-bond donors (Lipinski definition) is 1. The van der Waals surface area contributed by atoms with Crippen molar-refractivity contribution < 1.29 is 0 Å². The normalized spacial score (nSPS) is 28.0. The molecule has 0 bridgehead atoms. The van der Waals surface area contributed by atoms with Crippen LogP contribution in [0.3, 0.4) is 0 Å². The first kappa shape index (κ1) is 15.5. The summed E-state index contributed by atoms with van der Waals surface area (Å²) in [4.78, 5) is 2.68. The molecule has 0 spiro atoms. The van der Waals surface area contributed by atoms with Gasteiger partial charge in [-0.05, 0) is 31.7 Å². The zero-order chi connectivity index (χ0) is 14.8. The molecular formula is C18H30N2. The molecule has 0 saturated carbocycles. The SMILES string of the molecule is CCC1(C)CNC(C(C)C)CN1Cc1ccc(C)cc1. The molecule has 1 fully saturated rings. The summed E-state index contributed by atoms with van der Waals surface area (Å²) in [7, 11) is 0. The standard InChI is InChI=1S/C18H30N2/c1-6-18(5)13-19-17(14(2)3)12-20(18)11-16-9-7-15(4)8-10-16/h7-10,14,17,19H,6,11-13H2,1-5H3. The van der Waals surface area contributed by atoms with Crippen LogP contribution in [-0.4, -0.2) is 29.6 Å². The number of benzene rings is 1. The lowest BCUT2D eigenvalue weighted by molar-refractivity contribution is 0.0317. The fourth-order valence-corrected chi connectivity index (χ4v) is 2.95. The molecular weight excluding hydrogens is 244 g/mol. The maximum absolute atomic E-state index is 3.74. The van der Waals surface area contributed by atoms with Gasteiger partial charge in [-0.2, -0.15) is 0 Å². The van der Waals surface area contributed by atoms with E-state index in [1.165, 1.54) is 17.5 Å². The highest BCUT2D eigenvalue weighted by Crippen LogP contribution is 2.26. The topological polar surface area (TPSA) is 15.3 Å². The Kier molecular flexibility index (Phi) is 4.87. The van der Waals surface area contributed by atoms with Gasteiger partial charge in [0.25, 0.3) is 0 Å². The van der Waals surface area contributed by atoms with Crippen molar-refractivity contribution in [3.8, 4) is 0 Å². The molecule has 2 nitrogen and oxygen atoms in total. The first-order valence-electron chi connectivity index (χ1n) is 7.98. The number of nitrogens with zero attached hydrogens (tertiary/aromatic N) is 1. The minimum Gasteiger partial charge on any atom is -0.311 e. The third kappa shape index (κ3) is 3.42. The van der Waals surface area contributed by atoms with Crippen LogP contribution >= 0.6 is 0 Å². The van der Waals surface area contributed by atoms with Gasteiger partial charge in [0.1, 0.15) is 0 Å². The predicted octanol–water partition coefficient (Wildman–Crippen LogP) is 3.59. The summed E-state index contributed by atoms with van der Waals surface area (Å²) < 4.78 is 0. The minimum absolute atomic E-state index is 0.274. The van der Waals surface area contributed by atoms with Crippen LogP contribution in [0.1, 0.15) is 45.2 Å². The van der Waals surface area contributed by atoms with Gasteiger partial charge >= 0.3 is 0 Å². The molecule has 0 aliphatic carbocycles. The summed E-state index contributed by atoms with van der Waals surface area (Å²) in [6.45, 7) is 14.8. The summed E-state index contributed by atoms with van der Waals surface area (Å²) in [5, 5.41) is 3.74. The van der Waals surface area contributed by atoms with Crippen molar-refractivity contribution in [3.63, 3.8) is 0 Å². The lowest BCUT2D eigenvalue weighted by atomic mass is 9.89. The highest BCUT2D eigenvalue weighted by atomic mass is 15.3. The van der Waals surface area contributed by atoms with E-state index in [1.807, 2.05) is 0 Å². The van der Waals surface area contributed by atoms with Crippen LogP contribution in [0.4, 0.5) is 0 Å². The zero-order valence-corrected chi connectivity index (χ0v) is 13.7. The van der Waals surface area contributed by atoms with Gasteiger partial charge in [0.2, 0.25) is 0 Å². The molecule has 20 heavy (non-hydrogen) atoms. The van der Waals surface area contributed by atoms with E-state index in [2.05, 4.69) is 69.1 Å². The van der Waals surface area contributed by atoms with Crippen molar-refractivity contribution >= 4 is 0 Å². The zero-order valence-electron chi connectivity index (χ0n) is 13.7. The van der Waals surface area contributed by atoms with Gasteiger partial charge in [-0.1, -0.05) is 50.6 Å². The highest BCUT2D eigenvalue weighted by Gasteiger charge is 2.36. The number of piperazine rings is 1. The van der Waals surface area contributed by atoms with Gasteiger partial charge in [-0.25, -0.2) is 0 Å². The second-order valence-corrected chi connectivity index (χ2v) is 6.95. The highest BCUT2D eigenvalue weighted by molar-refractivity contribution is 5.21. The van der Waals surface area contributed by atoms with Crippen molar-refractivity contribution in [2.75, 3.05) is 13.1 Å². The first-order chi connectivity index (χ1) is 9.44. The summed E-state index contributed by atoms with van der Waals surface area (Å²) in [5.41, 5.74) is 3.04. The van der Waals surface area contributed by atoms with Crippen molar-refractivity contribution in [2.24, 2.45) is 5.92 Å². The van der Waals surface area contributed by atoms with Crippen molar-refractivity contribution in [1.82, 2.24) is 10.2 Å². The van der Waals surface area contributed by atoms with Crippen LogP contribution in [-0.2, 0) is 6.54 Å². The molecule has 112 valence electrons. The van der Waals surface area contributed by atoms with Crippen molar-refractivity contribution in [1.29, 1.82) is 0 Å². The van der Waals surface area contributed by atoms with E-state index in [4.69, 9.17) is 0 Å². The fraction of sp³-hybridized carbons (Fsp3) is 0.667. The van der Waals surface area contributed by atoms with E-state index in [-0.39, 0.29) is 5.54 Å². The molecule has 2 atom stereocenters. The van der Waals surface area contributed by atoms with Gasteiger partial charge < -0.3 is 5.32 Å². The van der Waals surface area contributed by atoms with E-state index < -0.39 is 0 Å². The average molecular weight is 274 g/mol. The molecule has 1 aliphatic heterocycles. The molecule has 0 amide bonds. The Bertz CT molecular complexity index is 424. The monoisotopic (exact) mass is 274 g/mol. The van der Waals surface area contributed by atoms with E-state index in [9.17, 15) is 0 Å². The van der Waals surface area contributed by atoms with Crippen molar-refractivity contribution in [2.45, 2.75) is 59.2 Å². The molecule has 1 N–H and O–H groups in total. The summed E-state index contributed by atoms with van der Waals surface area (Å²) in [5.74, 6) is 0.692. The Labute approximate surface area is 124 Å². The van der Waals surface area contributed by atoms with E-state index in [0.29, 0.717) is 12.0 Å². The van der Waals surface area contributed by atoms with Crippen molar-refractivity contribution in [3.05, 3.63) is 35.4 Å². The second kappa shape index (κ2) is 6.28. The molecule has 2 unspecified atom stereocenters. The third-order valence-electron chi connectivity index (χ3n) is 4.99. The van der Waals surface area contributed by atoms with Crippen LogP contribution in [0.25, 0.3) is 0 Å². The Balaban J connectivity index is 2.13. The summed E-state index contributed by atoms with van der Waals surface area (Å²) in [6, 6.07) is 9.61. The van der Waals surface area contributed by atoms with E-state index >= 15 is 0 Å². The summed E-state index contributed by atoms with van der Waals surface area (Å²) >= 11 is 0. The molecule has 1 heterocycles. The molecule has 2 rings (SSSR count). The van der Waals surface area contributed by atoms with Crippen LogP contribution in [0.15, 0.2) is 24.3 Å². The van der Waals surface area contributed by atoms with Gasteiger partial charge in [0.05, 0.1) is 0 Å². The fourth-order valence-electron chi connectivity index (χ4n) is 2.95. The van der Waals surface area contributed by atoms with Crippen LogP contribution < -0.4 is 5.32 Å². The minimum atomic E-state index is 0.274. The van der Waals surface area contributed by atoms with E-state index in [1.54, 1.807) is 0 Å². The Morgan fingerprint density at radius 3 is 2.50 bits per heavy atom. The lowest BCUT2D eigenvalue weighted by Gasteiger charge is -2.49. The van der Waals surface area contributed by atoms with Crippen LogP contribution in [0, 0.1) is 12.8 Å². The largest absolute Gasteiger partial charge is 0.311 e. The lowest BCUT2D eigenvalue weighted by Crippen LogP contribution is -2.63. The maximum atomic E-state index is 3.74. The van der Waals surface area contributed by atoms with Gasteiger partial charge in [-0.3, -0.25) is 4.90 Å². The number of aryl methyl sites for hydroxylation is 1. The Morgan fingerprint density at radius 2 is 1.95 bits per heavy atom. The van der Waals surface area contributed by atoms with Gasteiger partial charge in [0.15, 0.2) is 0 Å². The Morgan fingerprint density at radius 1 is 1.30 bits per heavy atom. The molecule has 1 aliphatic rings. The average Bonchev–Trinajstić information content (AvgIpc) is 2.43. The maximum Gasteiger partial charge on any atom is 0.0307 e. The van der Waals surface area contributed by atoms with Gasteiger partial charge in [0, 0.05) is 31.2 Å². The quantitative estimate of drug-likeness (QED) is 0.902.